The molecule has 0 bridgehead atoms. The molecule has 0 heterocycles. The fourth-order valence-electron chi connectivity index (χ4n) is 0. The van der Waals surface area contributed by atoms with Crippen molar-refractivity contribution < 1.29 is 24.0 Å². The highest BCUT2D eigenvalue weighted by atomic mass is 127. The smallest absolute Gasteiger partial charge is 0.0274 e. The lowest BCUT2D eigenvalue weighted by Crippen LogP contribution is -3.00. The van der Waals surface area contributed by atoms with E-state index >= 15 is 0 Å². The van der Waals surface area contributed by atoms with E-state index in [4.69, 9.17) is 0 Å². The molecule has 0 fully saturated rings. The van der Waals surface area contributed by atoms with E-state index in [1.54, 1.807) is 0 Å². The molecule has 5 heavy (non-hydrogen) atoms. The van der Waals surface area contributed by atoms with Gasteiger partial charge in [0.05, 0.1) is 0 Å². The van der Waals surface area contributed by atoms with Gasteiger partial charge < -0.3 is 24.0 Å². The van der Waals surface area contributed by atoms with Crippen LogP contribution in [-0.2, 0) is 0 Å². The monoisotopic (exact) mass is 201 g/mol. The Kier molecular flexibility index (Phi) is 9.24. The van der Waals surface area contributed by atoms with E-state index in [1.807, 2.05) is 0 Å². The molecule has 0 nitrogen and oxygen atoms in total. The van der Waals surface area contributed by atoms with Gasteiger partial charge in [-0.3, -0.25) is 0 Å². The SMILES string of the molecule is C[SiH](C)C.[I-]. The van der Waals surface area contributed by atoms with E-state index in [0.717, 1.165) is 0 Å². The van der Waals surface area contributed by atoms with Crippen LogP contribution in [0.4, 0.5) is 0 Å². The largest absolute Gasteiger partial charge is 1.00 e. The highest BCUT2D eigenvalue weighted by Gasteiger charge is 1.71. The van der Waals surface area contributed by atoms with E-state index in [0.29, 0.717) is 0 Å². The van der Waals surface area contributed by atoms with Crippen molar-refractivity contribution in [3.05, 3.63) is 0 Å². The minimum absolute atomic E-state index is 0. The quantitative estimate of drug-likeness (QED) is 0.317. The Hall–Kier alpha value is 0.947. The molecule has 0 saturated carbocycles. The molecule has 0 N–H and O–H groups in total. The lowest BCUT2D eigenvalue weighted by molar-refractivity contribution is -0.00000112. The topological polar surface area (TPSA) is 0 Å². The van der Waals surface area contributed by atoms with Crippen molar-refractivity contribution in [1.82, 2.24) is 0 Å². The Labute approximate surface area is 52.6 Å². The summed E-state index contributed by atoms with van der Waals surface area (Å²) in [6.45, 7) is 6.92. The lowest BCUT2D eigenvalue weighted by Gasteiger charge is -1.75. The molecule has 0 aromatic rings. The summed E-state index contributed by atoms with van der Waals surface area (Å²) in [5, 5.41) is 0. The molecule has 2 heteroatoms. The zero-order valence-electron chi connectivity index (χ0n) is 3.96. The van der Waals surface area contributed by atoms with Gasteiger partial charge in [-0.15, -0.1) is 0 Å². The van der Waals surface area contributed by atoms with Crippen LogP contribution < -0.4 is 24.0 Å². The Balaban J connectivity index is 0. The minimum Gasteiger partial charge on any atom is -1.00 e. The second kappa shape index (κ2) is 4.95. The first-order valence-electron chi connectivity index (χ1n) is 1.73. The van der Waals surface area contributed by atoms with Crippen molar-refractivity contribution in [3.63, 3.8) is 0 Å². The first-order chi connectivity index (χ1) is 1.73. The second-order valence-corrected chi connectivity index (χ2v) is 5.20. The maximum atomic E-state index is 2.31. The molecule has 0 unspecified atom stereocenters. The Morgan fingerprint density at radius 1 is 1.00 bits per heavy atom. The average Bonchev–Trinajstić information content (AvgIpc) is 0.811. The van der Waals surface area contributed by atoms with E-state index in [2.05, 4.69) is 19.6 Å². The van der Waals surface area contributed by atoms with Crippen LogP contribution >= 0.6 is 0 Å². The van der Waals surface area contributed by atoms with Gasteiger partial charge in [-0.25, -0.2) is 0 Å². The van der Waals surface area contributed by atoms with Crippen molar-refractivity contribution >= 4 is 8.80 Å². The number of halogens is 1. The van der Waals surface area contributed by atoms with Gasteiger partial charge in [0, 0.05) is 8.80 Å². The highest BCUT2D eigenvalue weighted by Crippen LogP contribution is 1.68. The van der Waals surface area contributed by atoms with Crippen molar-refractivity contribution in [2.75, 3.05) is 0 Å². The van der Waals surface area contributed by atoms with Crippen molar-refractivity contribution in [3.8, 4) is 0 Å². The fraction of sp³-hybridized carbons (Fsp3) is 1.00. The molecule has 0 atom stereocenters. The molecule has 0 aromatic heterocycles. The third kappa shape index (κ3) is 47.9. The van der Waals surface area contributed by atoms with E-state index < -0.39 is 0 Å². The first-order valence-corrected chi connectivity index (χ1v) is 5.20. The van der Waals surface area contributed by atoms with Gasteiger partial charge in [-0.1, -0.05) is 19.6 Å². The fourth-order valence-corrected chi connectivity index (χ4v) is 0. The van der Waals surface area contributed by atoms with E-state index in [9.17, 15) is 0 Å². The van der Waals surface area contributed by atoms with Crippen molar-refractivity contribution in [1.29, 1.82) is 0 Å². The van der Waals surface area contributed by atoms with Crippen LogP contribution in [0.5, 0.6) is 0 Å². The summed E-state index contributed by atoms with van der Waals surface area (Å²) >= 11 is 0. The lowest BCUT2D eigenvalue weighted by atomic mass is 11.8. The van der Waals surface area contributed by atoms with Crippen molar-refractivity contribution in [2.45, 2.75) is 19.6 Å². The third-order valence-electron chi connectivity index (χ3n) is 0. The van der Waals surface area contributed by atoms with Gasteiger partial charge in [-0.2, -0.15) is 0 Å². The van der Waals surface area contributed by atoms with Gasteiger partial charge in [0.15, 0.2) is 0 Å². The summed E-state index contributed by atoms with van der Waals surface area (Å²) < 4.78 is 0. The Morgan fingerprint density at radius 2 is 1.00 bits per heavy atom. The molecular weight excluding hydrogens is 191 g/mol. The van der Waals surface area contributed by atoms with Gasteiger partial charge in [0.2, 0.25) is 0 Å². The molecule has 0 spiro atoms. The van der Waals surface area contributed by atoms with E-state index in [1.165, 1.54) is 0 Å². The molecule has 0 rings (SSSR count). The first kappa shape index (κ1) is 9.34. The number of hydrogen-bond donors (Lipinski definition) is 0. The highest BCUT2D eigenvalue weighted by molar-refractivity contribution is 6.54. The summed E-state index contributed by atoms with van der Waals surface area (Å²) in [5.74, 6) is 0. The summed E-state index contributed by atoms with van der Waals surface area (Å²) in [7, 11) is -0.139. The Morgan fingerprint density at radius 3 is 1.00 bits per heavy atom. The maximum absolute atomic E-state index is 2.31. The standard InChI is InChI=1S/C3H10Si.HI/c1-4(2)3;/h4H,1-3H3;1H/p-1. The summed E-state index contributed by atoms with van der Waals surface area (Å²) in [6.07, 6.45) is 0. The van der Waals surface area contributed by atoms with Gasteiger partial charge in [-0.05, 0) is 0 Å². The normalized spacial score (nSPS) is 7.20. The zero-order valence-corrected chi connectivity index (χ0v) is 7.27. The molecule has 0 saturated heterocycles. The van der Waals surface area contributed by atoms with Crippen LogP contribution in [-0.4, -0.2) is 8.80 Å². The molecule has 34 valence electrons. The van der Waals surface area contributed by atoms with Gasteiger partial charge in [0.25, 0.3) is 0 Å². The average molecular weight is 201 g/mol. The minimum atomic E-state index is -0.139. The van der Waals surface area contributed by atoms with E-state index in [-0.39, 0.29) is 32.8 Å². The second-order valence-electron chi connectivity index (χ2n) is 1.73. The molecular formula is C3H10ISi-. The van der Waals surface area contributed by atoms with Crippen LogP contribution in [0.2, 0.25) is 19.6 Å². The molecule has 0 aliphatic rings. The van der Waals surface area contributed by atoms with Gasteiger partial charge in [0.1, 0.15) is 0 Å². The summed E-state index contributed by atoms with van der Waals surface area (Å²) in [5.41, 5.74) is 0. The van der Waals surface area contributed by atoms with Crippen LogP contribution in [0, 0.1) is 0 Å². The van der Waals surface area contributed by atoms with Crippen LogP contribution in [0.3, 0.4) is 0 Å². The molecule has 0 amide bonds. The zero-order chi connectivity index (χ0) is 3.58. The summed E-state index contributed by atoms with van der Waals surface area (Å²) in [6, 6.07) is 0. The van der Waals surface area contributed by atoms with Crippen LogP contribution in [0.1, 0.15) is 0 Å². The molecule has 0 aromatic carbocycles. The summed E-state index contributed by atoms with van der Waals surface area (Å²) in [4.78, 5) is 0. The third-order valence-corrected chi connectivity index (χ3v) is 0. The van der Waals surface area contributed by atoms with Crippen LogP contribution in [0.15, 0.2) is 0 Å². The van der Waals surface area contributed by atoms with Crippen molar-refractivity contribution in [2.24, 2.45) is 0 Å². The predicted octanol–water partition coefficient (Wildman–Crippen LogP) is -1.89. The molecule has 0 aliphatic carbocycles. The van der Waals surface area contributed by atoms with Crippen LogP contribution in [0.25, 0.3) is 0 Å². The predicted molar refractivity (Wildman–Crippen MR) is 24.7 cm³/mol. The number of rotatable bonds is 0. The maximum Gasteiger partial charge on any atom is 0.0274 e. The number of hydrogen-bond acceptors (Lipinski definition) is 0. The molecule has 0 radical (unpaired) electrons. The Bertz CT molecular complexity index is 11.6. The van der Waals surface area contributed by atoms with Gasteiger partial charge >= 0.3 is 0 Å². The molecule has 0 aliphatic heterocycles.